The molecule has 7 heteroatoms. The van der Waals surface area contributed by atoms with E-state index in [2.05, 4.69) is 27.7 Å². The first kappa shape index (κ1) is 23.1. The first-order valence-electron chi connectivity index (χ1n) is 13.2. The maximum absolute atomic E-state index is 13.2. The third-order valence-electron chi connectivity index (χ3n) is 8.15. The van der Waals surface area contributed by atoms with E-state index in [1.807, 2.05) is 23.1 Å². The predicted molar refractivity (Wildman–Crippen MR) is 140 cm³/mol. The summed E-state index contributed by atoms with van der Waals surface area (Å²) in [5.74, 6) is -0.314. The minimum atomic E-state index is -0.904. The molecule has 3 aliphatic rings. The Bertz CT molecular complexity index is 1300. The van der Waals surface area contributed by atoms with Gasteiger partial charge in [-0.1, -0.05) is 43.5 Å². The SMILES string of the molecule is O=C(O)c1ccc2c(C3CCCCC3)c3n(c2c1)CCN(CC(=O)N1CCOCC1)c1ccccc1-3. The van der Waals surface area contributed by atoms with Crippen LogP contribution in [-0.4, -0.2) is 65.8 Å². The van der Waals surface area contributed by atoms with Gasteiger partial charge in [0.1, 0.15) is 0 Å². The summed E-state index contributed by atoms with van der Waals surface area (Å²) in [5, 5.41) is 10.9. The number of fused-ring (bicyclic) bond motifs is 5. The lowest BCUT2D eigenvalue weighted by Gasteiger charge is -2.31. The van der Waals surface area contributed by atoms with Crippen molar-refractivity contribution in [2.45, 2.75) is 44.6 Å². The zero-order valence-electron chi connectivity index (χ0n) is 20.6. The van der Waals surface area contributed by atoms with E-state index < -0.39 is 5.97 Å². The topological polar surface area (TPSA) is 75.0 Å². The maximum Gasteiger partial charge on any atom is 0.335 e. The molecule has 0 bridgehead atoms. The van der Waals surface area contributed by atoms with Gasteiger partial charge in [0.05, 0.1) is 31.0 Å². The summed E-state index contributed by atoms with van der Waals surface area (Å²) in [6.45, 7) is 4.19. The van der Waals surface area contributed by atoms with Gasteiger partial charge in [0.2, 0.25) is 5.91 Å². The Kier molecular flexibility index (Phi) is 6.17. The van der Waals surface area contributed by atoms with Gasteiger partial charge < -0.3 is 24.2 Å². The molecule has 2 aromatic carbocycles. The lowest BCUT2D eigenvalue weighted by Crippen LogP contribution is -2.46. The quantitative estimate of drug-likeness (QED) is 0.576. The number of rotatable bonds is 4. The van der Waals surface area contributed by atoms with E-state index in [4.69, 9.17) is 4.74 Å². The number of hydrogen-bond acceptors (Lipinski definition) is 4. The Morgan fingerprint density at radius 3 is 2.50 bits per heavy atom. The Balaban J connectivity index is 1.48. The molecule has 1 aromatic heterocycles. The van der Waals surface area contributed by atoms with Crippen LogP contribution in [0.3, 0.4) is 0 Å². The number of ether oxygens (including phenoxy) is 1. The van der Waals surface area contributed by atoms with Crippen molar-refractivity contribution in [2.24, 2.45) is 0 Å². The number of aromatic nitrogens is 1. The average Bonchev–Trinajstić information content (AvgIpc) is 3.16. The first-order valence-corrected chi connectivity index (χ1v) is 13.2. The molecule has 2 aliphatic heterocycles. The number of hydrogen-bond donors (Lipinski definition) is 1. The number of para-hydroxylation sites is 1. The lowest BCUT2D eigenvalue weighted by atomic mass is 9.81. The molecular formula is C29H33N3O4. The number of carbonyl (C=O) groups excluding carboxylic acids is 1. The van der Waals surface area contributed by atoms with Gasteiger partial charge in [-0.25, -0.2) is 4.79 Å². The largest absolute Gasteiger partial charge is 0.478 e. The molecule has 1 saturated heterocycles. The van der Waals surface area contributed by atoms with Crippen LogP contribution in [0, 0.1) is 0 Å². The molecule has 188 valence electrons. The van der Waals surface area contributed by atoms with Crippen molar-refractivity contribution in [3.63, 3.8) is 0 Å². The van der Waals surface area contributed by atoms with E-state index >= 15 is 0 Å². The maximum atomic E-state index is 13.2. The van der Waals surface area contributed by atoms with E-state index in [1.165, 1.54) is 35.9 Å². The van der Waals surface area contributed by atoms with E-state index in [0.717, 1.165) is 29.6 Å². The monoisotopic (exact) mass is 487 g/mol. The van der Waals surface area contributed by atoms with E-state index in [0.29, 0.717) is 57.4 Å². The molecule has 0 spiro atoms. The molecule has 6 rings (SSSR count). The van der Waals surface area contributed by atoms with Gasteiger partial charge in [-0.15, -0.1) is 0 Å². The van der Waals surface area contributed by atoms with Crippen molar-refractivity contribution in [2.75, 3.05) is 44.3 Å². The Labute approximate surface area is 211 Å². The van der Waals surface area contributed by atoms with Crippen molar-refractivity contribution in [1.29, 1.82) is 0 Å². The molecule has 0 radical (unpaired) electrons. The summed E-state index contributed by atoms with van der Waals surface area (Å²) < 4.78 is 7.76. The van der Waals surface area contributed by atoms with Crippen molar-refractivity contribution in [1.82, 2.24) is 9.47 Å². The van der Waals surface area contributed by atoms with Crippen molar-refractivity contribution >= 4 is 28.5 Å². The first-order chi connectivity index (χ1) is 17.6. The molecule has 1 saturated carbocycles. The second kappa shape index (κ2) is 9.62. The van der Waals surface area contributed by atoms with Gasteiger partial charge in [-0.05, 0) is 42.5 Å². The number of amides is 1. The third kappa shape index (κ3) is 4.05. The highest BCUT2D eigenvalue weighted by atomic mass is 16.5. The molecule has 2 fully saturated rings. The number of aromatic carboxylic acids is 1. The van der Waals surface area contributed by atoms with E-state index in [-0.39, 0.29) is 5.91 Å². The van der Waals surface area contributed by atoms with Crippen LogP contribution in [0.2, 0.25) is 0 Å². The normalized spacial score (nSPS) is 18.6. The third-order valence-corrected chi connectivity index (χ3v) is 8.15. The highest BCUT2D eigenvalue weighted by Crippen LogP contribution is 2.47. The Morgan fingerprint density at radius 1 is 0.944 bits per heavy atom. The summed E-state index contributed by atoms with van der Waals surface area (Å²) >= 11 is 0. The van der Waals surface area contributed by atoms with Gasteiger partial charge in [0.15, 0.2) is 0 Å². The Hall–Kier alpha value is -3.32. The summed E-state index contributed by atoms with van der Waals surface area (Å²) in [6, 6.07) is 14.0. The molecule has 3 heterocycles. The minimum absolute atomic E-state index is 0.130. The van der Waals surface area contributed by atoms with Crippen LogP contribution in [0.15, 0.2) is 42.5 Å². The zero-order chi connectivity index (χ0) is 24.6. The standard InChI is InChI=1S/C29H33N3O4/c33-26(30-14-16-36-17-15-30)19-31-12-13-32-25-18-21(29(34)35)10-11-22(25)27(20-6-2-1-3-7-20)28(32)23-8-4-5-9-24(23)31/h4-5,8-11,18,20H,1-3,6-7,12-17,19H2,(H,34,35). The summed E-state index contributed by atoms with van der Waals surface area (Å²) in [5.41, 5.74) is 6.08. The van der Waals surface area contributed by atoms with Gasteiger partial charge in [0.25, 0.3) is 0 Å². The zero-order valence-corrected chi connectivity index (χ0v) is 20.6. The number of carbonyl (C=O) groups is 2. The molecule has 36 heavy (non-hydrogen) atoms. The highest BCUT2D eigenvalue weighted by Gasteiger charge is 2.31. The van der Waals surface area contributed by atoms with Gasteiger partial charge in [-0.3, -0.25) is 4.79 Å². The second-order valence-corrected chi connectivity index (χ2v) is 10.2. The predicted octanol–water partition coefficient (Wildman–Crippen LogP) is 4.73. The molecule has 7 nitrogen and oxygen atoms in total. The highest BCUT2D eigenvalue weighted by molar-refractivity contribution is 6.00. The minimum Gasteiger partial charge on any atom is -0.478 e. The van der Waals surface area contributed by atoms with Crippen LogP contribution in [-0.2, 0) is 16.1 Å². The van der Waals surface area contributed by atoms with Gasteiger partial charge in [-0.2, -0.15) is 0 Å². The molecule has 3 aromatic rings. The van der Waals surface area contributed by atoms with Crippen LogP contribution in [0.25, 0.3) is 22.2 Å². The van der Waals surface area contributed by atoms with E-state index in [1.54, 1.807) is 6.07 Å². The molecular weight excluding hydrogens is 454 g/mol. The van der Waals surface area contributed by atoms with Crippen molar-refractivity contribution in [3.05, 3.63) is 53.6 Å². The number of carboxylic acid groups (broad SMARTS) is 1. The molecule has 1 N–H and O–H groups in total. The van der Waals surface area contributed by atoms with Gasteiger partial charge in [0, 0.05) is 48.3 Å². The number of benzene rings is 2. The molecule has 0 atom stereocenters. The second-order valence-electron chi connectivity index (χ2n) is 10.2. The molecule has 0 unspecified atom stereocenters. The van der Waals surface area contributed by atoms with Gasteiger partial charge >= 0.3 is 5.97 Å². The fourth-order valence-electron chi connectivity index (χ4n) is 6.37. The number of nitrogens with zero attached hydrogens (tertiary/aromatic N) is 3. The number of carboxylic acids is 1. The Morgan fingerprint density at radius 2 is 1.72 bits per heavy atom. The van der Waals surface area contributed by atoms with Crippen molar-refractivity contribution in [3.8, 4) is 11.3 Å². The van der Waals surface area contributed by atoms with Crippen molar-refractivity contribution < 1.29 is 19.4 Å². The fraction of sp³-hybridized carbons (Fsp3) is 0.448. The smallest absolute Gasteiger partial charge is 0.335 e. The summed E-state index contributed by atoms with van der Waals surface area (Å²) in [4.78, 5) is 29.2. The average molecular weight is 488 g/mol. The van der Waals surface area contributed by atoms with Crippen LogP contribution in [0.5, 0.6) is 0 Å². The lowest BCUT2D eigenvalue weighted by molar-refractivity contribution is -0.133. The summed E-state index contributed by atoms with van der Waals surface area (Å²) in [7, 11) is 0. The van der Waals surface area contributed by atoms with E-state index in [9.17, 15) is 14.7 Å². The number of anilines is 1. The fourth-order valence-corrected chi connectivity index (χ4v) is 6.37. The summed E-state index contributed by atoms with van der Waals surface area (Å²) in [6.07, 6.45) is 6.06. The molecule has 1 amide bonds. The number of morpholine rings is 1. The molecule has 1 aliphatic carbocycles. The van der Waals surface area contributed by atoms with Crippen LogP contribution in [0.1, 0.15) is 53.9 Å². The van der Waals surface area contributed by atoms with Crippen LogP contribution >= 0.6 is 0 Å². The van der Waals surface area contributed by atoms with Crippen LogP contribution < -0.4 is 4.90 Å². The van der Waals surface area contributed by atoms with Crippen LogP contribution in [0.4, 0.5) is 5.69 Å².